The second kappa shape index (κ2) is 9.32. The van der Waals surface area contributed by atoms with Gasteiger partial charge in [-0.3, -0.25) is 4.84 Å². The van der Waals surface area contributed by atoms with Crippen molar-refractivity contribution in [2.45, 2.75) is 6.04 Å². The first kappa shape index (κ1) is 21.9. The van der Waals surface area contributed by atoms with Crippen molar-refractivity contribution < 1.29 is 9.57 Å². The van der Waals surface area contributed by atoms with Crippen LogP contribution >= 0.6 is 24.8 Å². The van der Waals surface area contributed by atoms with Gasteiger partial charge in [0.2, 0.25) is 0 Å². The van der Waals surface area contributed by atoms with Gasteiger partial charge in [0.15, 0.2) is 0 Å². The Balaban J connectivity index is 0.00000128. The molecule has 0 amide bonds. The molecule has 0 radical (unpaired) electrons. The molecule has 9 heteroatoms. The number of benzene rings is 2. The molecular formula is C21H21Cl2N5O2. The molecule has 5 rings (SSSR count). The van der Waals surface area contributed by atoms with Crippen molar-refractivity contribution in [2.75, 3.05) is 18.9 Å². The normalized spacial score (nSPS) is 15.4. The zero-order chi connectivity index (χ0) is 18.9. The zero-order valence-corrected chi connectivity index (χ0v) is 17.5. The molecule has 2 aromatic heterocycles. The second-order valence-electron chi connectivity index (χ2n) is 6.66. The predicted octanol–water partition coefficient (Wildman–Crippen LogP) is 4.39. The summed E-state index contributed by atoms with van der Waals surface area (Å²) in [6.07, 6.45) is 3.57. The number of nitrogens with one attached hydrogen (secondary N) is 1. The molecule has 1 atom stereocenters. The summed E-state index contributed by atoms with van der Waals surface area (Å²) in [5.74, 6) is 2.05. The Morgan fingerprint density at radius 3 is 2.43 bits per heavy atom. The van der Waals surface area contributed by atoms with E-state index in [1.165, 1.54) is 6.33 Å². The van der Waals surface area contributed by atoms with Crippen molar-refractivity contribution in [3.8, 4) is 22.6 Å². The zero-order valence-electron chi connectivity index (χ0n) is 15.9. The molecule has 3 N–H and O–H groups in total. The SMILES string of the molecule is Cl.Cl.Nc1ncnc2c1c(-c1ccc(Oc3ccccc3)cc1)cn2C1CNOC1. The third-order valence-corrected chi connectivity index (χ3v) is 4.87. The molecule has 2 aromatic carbocycles. The van der Waals surface area contributed by atoms with Gasteiger partial charge in [-0.25, -0.2) is 15.4 Å². The molecule has 0 bridgehead atoms. The second-order valence-corrected chi connectivity index (χ2v) is 6.66. The van der Waals surface area contributed by atoms with E-state index >= 15 is 0 Å². The lowest BCUT2D eigenvalue weighted by molar-refractivity contribution is 0.0978. The van der Waals surface area contributed by atoms with Crippen LogP contribution in [0.5, 0.6) is 11.5 Å². The number of halogens is 2. The van der Waals surface area contributed by atoms with E-state index in [2.05, 4.69) is 26.2 Å². The average molecular weight is 446 g/mol. The molecule has 0 saturated carbocycles. The summed E-state index contributed by atoms with van der Waals surface area (Å²) in [4.78, 5) is 14.0. The predicted molar refractivity (Wildman–Crippen MR) is 121 cm³/mol. The van der Waals surface area contributed by atoms with Gasteiger partial charge in [0, 0.05) is 18.3 Å². The molecule has 1 aliphatic rings. The number of nitrogens with two attached hydrogens (primary N) is 1. The van der Waals surface area contributed by atoms with Crippen LogP contribution in [-0.2, 0) is 4.84 Å². The van der Waals surface area contributed by atoms with Gasteiger partial charge in [-0.1, -0.05) is 30.3 Å². The van der Waals surface area contributed by atoms with Gasteiger partial charge in [0.05, 0.1) is 18.0 Å². The average Bonchev–Trinajstić information content (AvgIpc) is 3.38. The number of nitrogen functional groups attached to an aromatic ring is 1. The van der Waals surface area contributed by atoms with Crippen LogP contribution in [0.3, 0.4) is 0 Å². The summed E-state index contributed by atoms with van der Waals surface area (Å²) in [6, 6.07) is 17.8. The van der Waals surface area contributed by atoms with E-state index in [1.54, 1.807) is 0 Å². The smallest absolute Gasteiger partial charge is 0.146 e. The maximum atomic E-state index is 6.20. The number of hydrogen-bond donors (Lipinski definition) is 2. The third kappa shape index (κ3) is 4.06. The van der Waals surface area contributed by atoms with Crippen LogP contribution in [0, 0.1) is 0 Å². The van der Waals surface area contributed by atoms with Crippen molar-refractivity contribution in [2.24, 2.45) is 0 Å². The van der Waals surface area contributed by atoms with Crippen molar-refractivity contribution in [1.29, 1.82) is 0 Å². The Bertz CT molecular complexity index is 1110. The highest BCUT2D eigenvalue weighted by atomic mass is 35.5. The molecular weight excluding hydrogens is 425 g/mol. The van der Waals surface area contributed by atoms with Gasteiger partial charge in [-0.2, -0.15) is 0 Å². The van der Waals surface area contributed by atoms with Gasteiger partial charge in [-0.05, 0) is 29.8 Å². The molecule has 1 unspecified atom stereocenters. The summed E-state index contributed by atoms with van der Waals surface area (Å²) >= 11 is 0. The number of rotatable bonds is 4. The summed E-state index contributed by atoms with van der Waals surface area (Å²) in [5.41, 5.74) is 11.9. The fourth-order valence-corrected chi connectivity index (χ4v) is 3.48. The Kier molecular flexibility index (Phi) is 6.79. The first-order valence-electron chi connectivity index (χ1n) is 9.08. The van der Waals surface area contributed by atoms with E-state index in [9.17, 15) is 0 Å². The molecule has 156 valence electrons. The lowest BCUT2D eigenvalue weighted by atomic mass is 10.1. The number of nitrogens with zero attached hydrogens (tertiary/aromatic N) is 3. The van der Waals surface area contributed by atoms with Crippen LogP contribution in [0.15, 0.2) is 67.1 Å². The molecule has 4 aromatic rings. The fraction of sp³-hybridized carbons (Fsp3) is 0.143. The van der Waals surface area contributed by atoms with Gasteiger partial charge in [0.25, 0.3) is 0 Å². The number of aromatic nitrogens is 3. The quantitative estimate of drug-likeness (QED) is 0.484. The van der Waals surface area contributed by atoms with Crippen molar-refractivity contribution in [1.82, 2.24) is 20.0 Å². The Morgan fingerprint density at radius 2 is 1.73 bits per heavy atom. The Labute approximate surface area is 186 Å². The first-order valence-corrected chi connectivity index (χ1v) is 9.08. The minimum Gasteiger partial charge on any atom is -0.457 e. The summed E-state index contributed by atoms with van der Waals surface area (Å²) in [7, 11) is 0. The van der Waals surface area contributed by atoms with Gasteiger partial charge in [-0.15, -0.1) is 24.8 Å². The summed E-state index contributed by atoms with van der Waals surface area (Å²) in [5, 5.41) is 0.853. The van der Waals surface area contributed by atoms with Gasteiger partial charge in [0.1, 0.15) is 29.3 Å². The largest absolute Gasteiger partial charge is 0.457 e. The molecule has 1 fully saturated rings. The van der Waals surface area contributed by atoms with E-state index in [4.69, 9.17) is 15.3 Å². The van der Waals surface area contributed by atoms with Gasteiger partial charge >= 0.3 is 0 Å². The molecule has 7 nitrogen and oxygen atoms in total. The van der Waals surface area contributed by atoms with E-state index in [0.29, 0.717) is 12.4 Å². The van der Waals surface area contributed by atoms with Crippen LogP contribution in [0.4, 0.5) is 5.82 Å². The van der Waals surface area contributed by atoms with Crippen LogP contribution in [0.25, 0.3) is 22.2 Å². The van der Waals surface area contributed by atoms with E-state index in [-0.39, 0.29) is 30.9 Å². The van der Waals surface area contributed by atoms with E-state index < -0.39 is 0 Å². The van der Waals surface area contributed by atoms with Crippen molar-refractivity contribution >= 4 is 41.7 Å². The number of para-hydroxylation sites is 1. The van der Waals surface area contributed by atoms with Crippen LogP contribution in [0.2, 0.25) is 0 Å². The number of fused-ring (bicyclic) bond motifs is 1. The maximum Gasteiger partial charge on any atom is 0.146 e. The van der Waals surface area contributed by atoms with Crippen LogP contribution in [-0.4, -0.2) is 27.7 Å². The number of anilines is 1. The number of hydrogen-bond acceptors (Lipinski definition) is 6. The van der Waals surface area contributed by atoms with Crippen molar-refractivity contribution in [3.63, 3.8) is 0 Å². The van der Waals surface area contributed by atoms with Gasteiger partial charge < -0.3 is 15.0 Å². The lowest BCUT2D eigenvalue weighted by Gasteiger charge is -2.09. The summed E-state index contributed by atoms with van der Waals surface area (Å²) in [6.45, 7) is 1.30. The highest BCUT2D eigenvalue weighted by Crippen LogP contribution is 2.35. The summed E-state index contributed by atoms with van der Waals surface area (Å²) < 4.78 is 8.00. The molecule has 3 heterocycles. The van der Waals surface area contributed by atoms with Crippen LogP contribution in [0.1, 0.15) is 6.04 Å². The van der Waals surface area contributed by atoms with Crippen LogP contribution < -0.4 is 16.0 Å². The third-order valence-electron chi connectivity index (χ3n) is 4.87. The van der Waals surface area contributed by atoms with E-state index in [1.807, 2.05) is 54.6 Å². The standard InChI is InChI=1S/C21H19N5O2.2ClH/c22-20-19-18(11-26(15-10-25-27-12-15)21(19)24-13-23-20)14-6-8-17(9-7-14)28-16-4-2-1-3-5-16;;/h1-9,11,13,15,25H,10,12H2,(H2,22,23,24);2*1H. The molecule has 30 heavy (non-hydrogen) atoms. The maximum absolute atomic E-state index is 6.20. The molecule has 0 aliphatic carbocycles. The van der Waals surface area contributed by atoms with Crippen molar-refractivity contribution in [3.05, 3.63) is 67.1 Å². The number of ether oxygens (including phenoxy) is 1. The molecule has 0 spiro atoms. The molecule has 1 saturated heterocycles. The Morgan fingerprint density at radius 1 is 1.00 bits per heavy atom. The minimum atomic E-state index is 0. The highest BCUT2D eigenvalue weighted by Gasteiger charge is 2.23. The lowest BCUT2D eigenvalue weighted by Crippen LogP contribution is -2.13. The fourth-order valence-electron chi connectivity index (χ4n) is 3.48. The Hall–Kier alpha value is -2.84. The topological polar surface area (TPSA) is 87.2 Å². The first-order chi connectivity index (χ1) is 13.8. The van der Waals surface area contributed by atoms with E-state index in [0.717, 1.165) is 40.2 Å². The molecule has 1 aliphatic heterocycles. The monoisotopic (exact) mass is 445 g/mol. The minimum absolute atomic E-state index is 0. The number of hydroxylamine groups is 1. The highest BCUT2D eigenvalue weighted by molar-refractivity contribution is 6.00.